The Morgan fingerprint density at radius 2 is 1.74 bits per heavy atom. The van der Waals surface area contributed by atoms with Gasteiger partial charge in [-0.15, -0.1) is 0 Å². The van der Waals surface area contributed by atoms with Crippen molar-refractivity contribution in [3.8, 4) is 0 Å². The van der Waals surface area contributed by atoms with Crippen molar-refractivity contribution in [1.82, 2.24) is 15.5 Å². The molecule has 0 bridgehead atoms. The predicted molar refractivity (Wildman–Crippen MR) is 131 cm³/mol. The average molecular weight is 480 g/mol. The highest BCUT2D eigenvalue weighted by Crippen LogP contribution is 2.29. The highest BCUT2D eigenvalue weighted by atomic mass is 16.6. The molecule has 10 nitrogen and oxygen atoms in total. The molecule has 0 aliphatic carbocycles. The zero-order valence-corrected chi connectivity index (χ0v) is 19.8. The second-order valence-electron chi connectivity index (χ2n) is 8.59. The van der Waals surface area contributed by atoms with E-state index in [2.05, 4.69) is 51.6 Å². The van der Waals surface area contributed by atoms with Gasteiger partial charge in [-0.25, -0.2) is 9.59 Å². The fourth-order valence-electron chi connectivity index (χ4n) is 4.37. The van der Waals surface area contributed by atoms with Crippen molar-refractivity contribution in [2.75, 3.05) is 44.2 Å². The maximum absolute atomic E-state index is 13.0. The Morgan fingerprint density at radius 3 is 2.34 bits per heavy atom. The molecule has 35 heavy (non-hydrogen) atoms. The van der Waals surface area contributed by atoms with Crippen LogP contribution in [0.5, 0.6) is 0 Å². The number of urea groups is 1. The number of rotatable bonds is 7. The van der Waals surface area contributed by atoms with Crippen LogP contribution in [0, 0.1) is 17.0 Å². The summed E-state index contributed by atoms with van der Waals surface area (Å²) in [7, 11) is 0. The third-order valence-electron chi connectivity index (χ3n) is 6.24. The van der Waals surface area contributed by atoms with Crippen LogP contribution in [0.2, 0.25) is 0 Å². The lowest BCUT2D eigenvalue weighted by Crippen LogP contribution is -2.51. The van der Waals surface area contributed by atoms with Crippen molar-refractivity contribution in [2.24, 2.45) is 0 Å². The number of nitro benzene ring substituents is 1. The first kappa shape index (κ1) is 24.2. The molecule has 0 aromatic heterocycles. The van der Waals surface area contributed by atoms with Gasteiger partial charge in [0.15, 0.2) is 0 Å². The van der Waals surface area contributed by atoms with E-state index in [9.17, 15) is 19.7 Å². The number of hydrogen-bond donors (Lipinski definition) is 2. The Labute approximate surface area is 203 Å². The largest absolute Gasteiger partial charge is 0.463 e. The molecule has 0 saturated carbocycles. The Kier molecular flexibility index (Phi) is 7.31. The lowest BCUT2D eigenvalue weighted by molar-refractivity contribution is -0.384. The zero-order valence-electron chi connectivity index (χ0n) is 19.8. The number of esters is 1. The molecular weight excluding hydrogens is 450 g/mol. The summed E-state index contributed by atoms with van der Waals surface area (Å²) in [5.74, 6) is -0.531. The van der Waals surface area contributed by atoms with Gasteiger partial charge in [0, 0.05) is 56.2 Å². The van der Waals surface area contributed by atoms with Gasteiger partial charge in [-0.1, -0.05) is 17.7 Å². The van der Waals surface area contributed by atoms with Gasteiger partial charge in [-0.05, 0) is 43.7 Å². The van der Waals surface area contributed by atoms with Crippen LogP contribution in [0.4, 0.5) is 16.2 Å². The van der Waals surface area contributed by atoms with Gasteiger partial charge in [-0.3, -0.25) is 15.0 Å². The van der Waals surface area contributed by atoms with E-state index in [4.69, 9.17) is 4.74 Å². The minimum Gasteiger partial charge on any atom is -0.463 e. The summed E-state index contributed by atoms with van der Waals surface area (Å²) >= 11 is 0. The highest BCUT2D eigenvalue weighted by molar-refractivity contribution is 5.95. The molecule has 0 spiro atoms. The molecule has 2 aliphatic rings. The number of amides is 2. The van der Waals surface area contributed by atoms with Gasteiger partial charge in [-0.2, -0.15) is 0 Å². The second kappa shape index (κ2) is 10.6. The Balaban J connectivity index is 1.55. The summed E-state index contributed by atoms with van der Waals surface area (Å²) in [5, 5.41) is 16.6. The molecule has 2 heterocycles. The minimum atomic E-state index is -0.771. The number of carbonyl (C=O) groups excluding carboxylic acids is 2. The third kappa shape index (κ3) is 5.60. The van der Waals surface area contributed by atoms with Crippen molar-refractivity contribution in [3.05, 3.63) is 81.0 Å². The van der Waals surface area contributed by atoms with Gasteiger partial charge >= 0.3 is 12.0 Å². The summed E-state index contributed by atoms with van der Waals surface area (Å²) in [6.07, 6.45) is 0. The molecule has 184 valence electrons. The Morgan fingerprint density at radius 1 is 1.09 bits per heavy atom. The quantitative estimate of drug-likeness (QED) is 0.356. The van der Waals surface area contributed by atoms with Gasteiger partial charge in [0.1, 0.15) is 0 Å². The van der Waals surface area contributed by atoms with Crippen molar-refractivity contribution in [2.45, 2.75) is 19.9 Å². The number of piperazine rings is 1. The number of hydrogen-bond acceptors (Lipinski definition) is 7. The number of benzene rings is 2. The lowest BCUT2D eigenvalue weighted by atomic mass is 9.94. The number of nitrogens with zero attached hydrogens (tertiary/aromatic N) is 3. The van der Waals surface area contributed by atoms with E-state index in [1.807, 2.05) is 0 Å². The number of non-ortho nitro benzene ring substituents is 1. The number of carbonyl (C=O) groups is 2. The van der Waals surface area contributed by atoms with Crippen LogP contribution < -0.4 is 15.5 Å². The third-order valence-corrected chi connectivity index (χ3v) is 6.24. The Bertz CT molecular complexity index is 1120. The molecule has 2 amide bonds. The minimum absolute atomic E-state index is 0.0673. The normalized spacial score (nSPS) is 18.6. The molecule has 2 aromatic carbocycles. The lowest BCUT2D eigenvalue weighted by Gasteiger charge is -2.38. The first-order chi connectivity index (χ1) is 16.9. The molecule has 1 atom stereocenters. The molecule has 1 saturated heterocycles. The van der Waals surface area contributed by atoms with E-state index in [0.29, 0.717) is 23.4 Å². The monoisotopic (exact) mass is 479 g/mol. The smallest absolute Gasteiger partial charge is 0.338 e. The maximum atomic E-state index is 13.0. The van der Waals surface area contributed by atoms with E-state index in [-0.39, 0.29) is 12.3 Å². The molecule has 2 N–H and O–H groups in total. The SMILES string of the molecule is CCOC(=O)C1=C(CN2CCN(c3ccc(C)cc3)CC2)NC(=O)N[C@H]1c1ccc([N+](=O)[O-])cc1. The van der Waals surface area contributed by atoms with Gasteiger partial charge in [0.25, 0.3) is 5.69 Å². The summed E-state index contributed by atoms with van der Waals surface area (Å²) in [4.78, 5) is 40.5. The zero-order chi connectivity index (χ0) is 24.9. The summed E-state index contributed by atoms with van der Waals surface area (Å²) in [5.41, 5.74) is 3.68. The van der Waals surface area contributed by atoms with Crippen molar-refractivity contribution in [3.63, 3.8) is 0 Å². The number of aryl methyl sites for hydroxylation is 1. The van der Waals surface area contributed by atoms with Crippen molar-refractivity contribution >= 4 is 23.4 Å². The van der Waals surface area contributed by atoms with Gasteiger partial charge in [0.05, 0.1) is 23.1 Å². The maximum Gasteiger partial charge on any atom is 0.338 e. The number of ether oxygens (including phenoxy) is 1. The number of nitro groups is 1. The fraction of sp³-hybridized carbons (Fsp3) is 0.360. The van der Waals surface area contributed by atoms with Crippen LogP contribution in [0.25, 0.3) is 0 Å². The molecule has 4 rings (SSSR count). The first-order valence-corrected chi connectivity index (χ1v) is 11.6. The van der Waals surface area contributed by atoms with Crippen molar-refractivity contribution < 1.29 is 19.2 Å². The van der Waals surface area contributed by atoms with Crippen LogP contribution in [-0.4, -0.2) is 61.2 Å². The standard InChI is InChI=1S/C25H29N5O5/c1-3-35-24(31)22-21(16-28-12-14-29(15-13-28)19-8-4-17(2)5-9-19)26-25(32)27-23(22)18-6-10-20(11-7-18)30(33)34/h4-11,23H,3,12-16H2,1-2H3,(H2,26,27,32)/t23-/m0/s1. The summed E-state index contributed by atoms with van der Waals surface area (Å²) in [6, 6.07) is 13.0. The van der Waals surface area contributed by atoms with Crippen LogP contribution in [0.3, 0.4) is 0 Å². The van der Waals surface area contributed by atoms with Crippen LogP contribution in [0.1, 0.15) is 24.1 Å². The van der Waals surface area contributed by atoms with Crippen LogP contribution in [0.15, 0.2) is 59.8 Å². The first-order valence-electron chi connectivity index (χ1n) is 11.6. The van der Waals surface area contributed by atoms with Crippen molar-refractivity contribution in [1.29, 1.82) is 0 Å². The highest BCUT2D eigenvalue weighted by Gasteiger charge is 2.35. The number of nitrogens with one attached hydrogen (secondary N) is 2. The Hall–Kier alpha value is -3.92. The molecule has 10 heteroatoms. The van der Waals surface area contributed by atoms with Crippen LogP contribution in [-0.2, 0) is 9.53 Å². The average Bonchev–Trinajstić information content (AvgIpc) is 2.85. The molecule has 0 radical (unpaired) electrons. The van der Waals surface area contributed by atoms with E-state index in [1.54, 1.807) is 19.1 Å². The number of anilines is 1. The van der Waals surface area contributed by atoms with Gasteiger partial charge < -0.3 is 20.3 Å². The van der Waals surface area contributed by atoms with E-state index < -0.39 is 23.0 Å². The molecule has 2 aromatic rings. The topological polar surface area (TPSA) is 117 Å². The second-order valence-corrected chi connectivity index (χ2v) is 8.59. The fourth-order valence-corrected chi connectivity index (χ4v) is 4.37. The molecule has 0 unspecified atom stereocenters. The van der Waals surface area contributed by atoms with E-state index in [0.717, 1.165) is 26.2 Å². The van der Waals surface area contributed by atoms with Gasteiger partial charge in [0.2, 0.25) is 0 Å². The molecule has 1 fully saturated rings. The van der Waals surface area contributed by atoms with E-state index in [1.165, 1.54) is 23.4 Å². The van der Waals surface area contributed by atoms with E-state index >= 15 is 0 Å². The summed E-state index contributed by atoms with van der Waals surface area (Å²) < 4.78 is 5.31. The van der Waals surface area contributed by atoms with Crippen LogP contribution >= 0.6 is 0 Å². The summed E-state index contributed by atoms with van der Waals surface area (Å²) in [6.45, 7) is 7.52. The molecular formula is C25H29N5O5. The molecule has 2 aliphatic heterocycles. The predicted octanol–water partition coefficient (Wildman–Crippen LogP) is 2.90.